The highest BCUT2D eigenvalue weighted by atomic mass is 19.4. The van der Waals surface area contributed by atoms with E-state index in [9.17, 15) is 17.7 Å². The topological polar surface area (TPSA) is 29.1 Å². The van der Waals surface area contributed by atoms with Crippen molar-refractivity contribution in [3.8, 4) is 0 Å². The van der Waals surface area contributed by atoms with Crippen molar-refractivity contribution >= 4 is 12.9 Å². The number of rotatable bonds is 1. The first-order valence-electron chi connectivity index (χ1n) is 4.57. The molecule has 0 saturated heterocycles. The quantitative estimate of drug-likeness (QED) is 0.710. The summed E-state index contributed by atoms with van der Waals surface area (Å²) in [4.78, 5) is 11.3. The molecule has 0 aliphatic carbocycles. The molecule has 1 aliphatic heterocycles. The molecule has 2 nitrogen and oxygen atoms in total. The molecule has 2 rings (SSSR count). The van der Waals surface area contributed by atoms with Crippen molar-refractivity contribution in [1.82, 2.24) is 5.32 Å². The first kappa shape index (κ1) is 10.1. The lowest BCUT2D eigenvalue weighted by Gasteiger charge is -2.32. The van der Waals surface area contributed by atoms with Gasteiger partial charge in [0, 0.05) is 12.1 Å². The summed E-state index contributed by atoms with van der Waals surface area (Å²) in [5.74, 6) is -1.96. The van der Waals surface area contributed by atoms with Crippen LogP contribution in [0.4, 0.5) is 12.9 Å². The van der Waals surface area contributed by atoms with Crippen molar-refractivity contribution in [2.24, 2.45) is 0 Å². The average molecular weight is 214 g/mol. The third-order valence-corrected chi connectivity index (χ3v) is 2.54. The van der Waals surface area contributed by atoms with Gasteiger partial charge in [-0.1, -0.05) is 23.8 Å². The zero-order valence-electron chi connectivity index (χ0n) is 7.71. The van der Waals surface area contributed by atoms with Crippen LogP contribution in [0, 0.1) is 0 Å². The molecule has 1 aliphatic rings. The van der Waals surface area contributed by atoms with E-state index in [1.54, 1.807) is 6.07 Å². The van der Waals surface area contributed by atoms with Crippen molar-refractivity contribution in [3.63, 3.8) is 0 Å². The Morgan fingerprint density at radius 2 is 1.93 bits per heavy atom. The van der Waals surface area contributed by atoms with Gasteiger partial charge in [0.1, 0.15) is 0 Å². The Balaban J connectivity index is 2.50. The highest BCUT2D eigenvalue weighted by molar-refractivity contribution is 6.60. The summed E-state index contributed by atoms with van der Waals surface area (Å²) in [6.07, 6.45) is 0. The fourth-order valence-corrected chi connectivity index (χ4v) is 1.77. The van der Waals surface area contributed by atoms with Crippen molar-refractivity contribution in [2.75, 3.05) is 6.54 Å². The fourth-order valence-electron chi connectivity index (χ4n) is 1.77. The molecule has 80 valence electrons. The molecule has 1 aromatic rings. The van der Waals surface area contributed by atoms with Crippen LogP contribution >= 0.6 is 0 Å². The Morgan fingerprint density at radius 1 is 1.27 bits per heavy atom. The summed E-state index contributed by atoms with van der Waals surface area (Å²) in [5, 5.41) is 2.25. The van der Waals surface area contributed by atoms with E-state index in [0.717, 1.165) is 0 Å². The third-order valence-electron chi connectivity index (χ3n) is 2.54. The number of fused-ring (bicyclic) bond motifs is 1. The van der Waals surface area contributed by atoms with Crippen molar-refractivity contribution in [3.05, 3.63) is 35.4 Å². The normalized spacial score (nSPS) is 20.7. The van der Waals surface area contributed by atoms with Crippen LogP contribution in [0.5, 0.6) is 0 Å². The summed E-state index contributed by atoms with van der Waals surface area (Å²) in [6, 6.07) is 5.86. The monoisotopic (exact) mass is 214 g/mol. The second-order valence-electron chi connectivity index (χ2n) is 3.53. The highest BCUT2D eigenvalue weighted by Gasteiger charge is 2.39. The summed E-state index contributed by atoms with van der Waals surface area (Å²) >= 11 is 0. The molecule has 1 aromatic carbocycles. The minimum absolute atomic E-state index is 0.0914. The van der Waals surface area contributed by atoms with E-state index in [0.29, 0.717) is 0 Å². The first-order valence-corrected chi connectivity index (χ1v) is 4.57. The van der Waals surface area contributed by atoms with Crippen molar-refractivity contribution in [1.29, 1.82) is 0 Å². The Morgan fingerprint density at radius 3 is 2.60 bits per heavy atom. The predicted octanol–water partition coefficient (Wildman–Crippen LogP) is 1.90. The predicted molar refractivity (Wildman–Crippen MR) is 50.6 cm³/mol. The van der Waals surface area contributed by atoms with Crippen LogP contribution in [-0.2, 0) is 0 Å². The maximum Gasteiger partial charge on any atom is 0.487 e. The molecule has 1 amide bonds. The molecule has 15 heavy (non-hydrogen) atoms. The molecule has 1 N–H and O–H groups in total. The summed E-state index contributed by atoms with van der Waals surface area (Å²) in [7, 11) is 0. The molecule has 1 heterocycles. The van der Waals surface area contributed by atoms with Crippen molar-refractivity contribution < 1.29 is 17.7 Å². The smallest absolute Gasteiger partial charge is 0.448 e. The lowest BCUT2D eigenvalue weighted by molar-refractivity contribution is 0.0943. The zero-order valence-corrected chi connectivity index (χ0v) is 7.71. The van der Waals surface area contributed by atoms with E-state index in [1.165, 1.54) is 18.2 Å². The number of nitrogens with one attached hydrogen (secondary N) is 1. The molecule has 0 bridgehead atoms. The van der Waals surface area contributed by atoms with Crippen LogP contribution in [0.1, 0.15) is 21.7 Å². The Kier molecular flexibility index (Phi) is 2.21. The van der Waals surface area contributed by atoms with E-state index in [1.807, 2.05) is 0 Å². The second kappa shape index (κ2) is 3.29. The number of halogens is 3. The zero-order chi connectivity index (χ0) is 11.1. The molecule has 0 saturated carbocycles. The number of hydrogen-bond acceptors (Lipinski definition) is 1. The summed E-state index contributed by atoms with van der Waals surface area (Å²) in [5.41, 5.74) is 0.224. The van der Waals surface area contributed by atoms with Crippen LogP contribution in [-0.4, -0.2) is 19.4 Å². The van der Waals surface area contributed by atoms with Gasteiger partial charge < -0.3 is 18.3 Å². The second-order valence-corrected chi connectivity index (χ2v) is 3.53. The van der Waals surface area contributed by atoms with Crippen molar-refractivity contribution in [2.45, 2.75) is 5.82 Å². The van der Waals surface area contributed by atoms with E-state index in [2.05, 4.69) is 5.32 Å². The minimum atomic E-state index is -4.96. The van der Waals surface area contributed by atoms with E-state index >= 15 is 0 Å². The standard InChI is InChI=1S/C9H8BF3NO/c11-10(12,13)8-5-14-9(15)7-4-2-1-3-6(7)8/h1-4,8H,5H2,(H,14,15)/q-1. The molecular formula is C9H8BF3NO-. The van der Waals surface area contributed by atoms with Gasteiger partial charge in [-0.25, -0.2) is 0 Å². The SMILES string of the molecule is O=C1NCC([B-](F)(F)F)c2ccccc21. The van der Waals surface area contributed by atoms with Gasteiger partial charge in [0.05, 0.1) is 0 Å². The molecule has 0 fully saturated rings. The number of amides is 1. The van der Waals surface area contributed by atoms with Gasteiger partial charge in [-0.3, -0.25) is 4.79 Å². The van der Waals surface area contributed by atoms with Gasteiger partial charge >= 0.3 is 6.98 Å². The molecule has 0 radical (unpaired) electrons. The van der Waals surface area contributed by atoms with E-state index in [4.69, 9.17) is 0 Å². The molecular weight excluding hydrogens is 206 g/mol. The molecule has 0 spiro atoms. The van der Waals surface area contributed by atoms with Crippen LogP contribution < -0.4 is 5.32 Å². The Hall–Kier alpha value is -1.46. The number of carbonyl (C=O) groups excluding carboxylic acids is 1. The third kappa shape index (κ3) is 1.71. The van der Waals surface area contributed by atoms with Gasteiger partial charge in [0.15, 0.2) is 0 Å². The summed E-state index contributed by atoms with van der Waals surface area (Å²) < 4.78 is 38.0. The average Bonchev–Trinajstić information content (AvgIpc) is 2.17. The van der Waals surface area contributed by atoms with Gasteiger partial charge in [-0.15, -0.1) is 0 Å². The van der Waals surface area contributed by atoms with Crippen LogP contribution in [0.2, 0.25) is 0 Å². The van der Waals surface area contributed by atoms with Gasteiger partial charge in [0.2, 0.25) is 0 Å². The molecule has 1 unspecified atom stereocenters. The maximum absolute atomic E-state index is 12.7. The van der Waals surface area contributed by atoms with Crippen LogP contribution in [0.25, 0.3) is 0 Å². The maximum atomic E-state index is 12.7. The lowest BCUT2D eigenvalue weighted by Crippen LogP contribution is -2.43. The Bertz CT molecular complexity index is 405. The largest absolute Gasteiger partial charge is 0.487 e. The Labute approximate surface area is 84.5 Å². The molecule has 6 heteroatoms. The number of carbonyl (C=O) groups is 1. The van der Waals surface area contributed by atoms with Crippen LogP contribution in [0.3, 0.4) is 0 Å². The first-order chi connectivity index (χ1) is 7.00. The van der Waals surface area contributed by atoms with E-state index in [-0.39, 0.29) is 17.7 Å². The number of hydrogen-bond donors (Lipinski definition) is 1. The minimum Gasteiger partial charge on any atom is -0.448 e. The lowest BCUT2D eigenvalue weighted by atomic mass is 9.66. The van der Waals surface area contributed by atoms with Gasteiger partial charge in [-0.05, 0) is 11.9 Å². The summed E-state index contributed by atoms with van der Waals surface area (Å²) in [6.45, 7) is -5.31. The highest BCUT2D eigenvalue weighted by Crippen LogP contribution is 2.34. The van der Waals surface area contributed by atoms with Gasteiger partial charge in [-0.2, -0.15) is 0 Å². The van der Waals surface area contributed by atoms with Gasteiger partial charge in [0.25, 0.3) is 5.91 Å². The number of benzene rings is 1. The van der Waals surface area contributed by atoms with E-state index < -0.39 is 18.7 Å². The molecule has 0 aromatic heterocycles. The van der Waals surface area contributed by atoms with Crippen LogP contribution in [0.15, 0.2) is 24.3 Å². The molecule has 1 atom stereocenters. The fraction of sp³-hybridized carbons (Fsp3) is 0.222.